The number of nitrogens with one attached hydrogen (secondary N) is 1. The summed E-state index contributed by atoms with van der Waals surface area (Å²) < 4.78 is 34.3. The van der Waals surface area contributed by atoms with Gasteiger partial charge in [-0.1, -0.05) is 24.3 Å². The largest absolute Gasteiger partial charge is 0.492 e. The van der Waals surface area contributed by atoms with Gasteiger partial charge >= 0.3 is 6.61 Å². The summed E-state index contributed by atoms with van der Waals surface area (Å²) in [6.45, 7) is -2.61. The van der Waals surface area contributed by atoms with Gasteiger partial charge in [-0.05, 0) is 30.2 Å². The van der Waals surface area contributed by atoms with Gasteiger partial charge in [-0.2, -0.15) is 8.78 Å². The molecule has 0 saturated heterocycles. The first kappa shape index (κ1) is 15.3. The molecule has 3 rings (SSSR count). The Morgan fingerprint density at radius 2 is 2.04 bits per heavy atom. The molecule has 1 N–H and O–H groups in total. The lowest BCUT2D eigenvalue weighted by molar-refractivity contribution is -0.121. The number of halogens is 2. The van der Waals surface area contributed by atoms with Crippen molar-refractivity contribution in [2.45, 2.75) is 13.0 Å². The van der Waals surface area contributed by atoms with Crippen LogP contribution in [0.2, 0.25) is 0 Å². The van der Waals surface area contributed by atoms with E-state index in [4.69, 9.17) is 4.74 Å². The smallest absolute Gasteiger partial charge is 0.387 e. The van der Waals surface area contributed by atoms with E-state index < -0.39 is 6.61 Å². The number of benzene rings is 2. The van der Waals surface area contributed by atoms with Gasteiger partial charge in [0.2, 0.25) is 5.91 Å². The number of amides is 1. The molecule has 2 aromatic carbocycles. The van der Waals surface area contributed by atoms with Crippen molar-refractivity contribution in [1.29, 1.82) is 0 Å². The van der Waals surface area contributed by atoms with Crippen LogP contribution in [0.15, 0.2) is 48.5 Å². The van der Waals surface area contributed by atoms with E-state index in [9.17, 15) is 13.6 Å². The second-order valence-corrected chi connectivity index (χ2v) is 5.22. The van der Waals surface area contributed by atoms with Crippen molar-refractivity contribution in [1.82, 2.24) is 0 Å². The lowest BCUT2D eigenvalue weighted by Crippen LogP contribution is -2.32. The first-order valence-corrected chi connectivity index (χ1v) is 7.18. The Kier molecular flexibility index (Phi) is 4.41. The minimum atomic E-state index is -2.90. The van der Waals surface area contributed by atoms with Crippen LogP contribution in [0.3, 0.4) is 0 Å². The van der Waals surface area contributed by atoms with Crippen molar-refractivity contribution in [3.63, 3.8) is 0 Å². The van der Waals surface area contributed by atoms with Gasteiger partial charge < -0.3 is 14.8 Å². The summed E-state index contributed by atoms with van der Waals surface area (Å²) >= 11 is 0. The zero-order chi connectivity index (χ0) is 16.2. The average molecular weight is 319 g/mol. The van der Waals surface area contributed by atoms with Gasteiger partial charge in [0.1, 0.15) is 18.1 Å². The number of para-hydroxylation sites is 1. The highest BCUT2D eigenvalue weighted by molar-refractivity contribution is 5.93. The molecule has 1 atom stereocenters. The summed E-state index contributed by atoms with van der Waals surface area (Å²) in [5.41, 5.74) is 1.39. The Morgan fingerprint density at radius 3 is 2.87 bits per heavy atom. The van der Waals surface area contributed by atoms with Gasteiger partial charge in [0, 0.05) is 11.8 Å². The fraction of sp³-hybridized carbons (Fsp3) is 0.235. The average Bonchev–Trinajstić information content (AvgIpc) is 2.54. The Morgan fingerprint density at radius 1 is 1.22 bits per heavy atom. The van der Waals surface area contributed by atoms with Crippen LogP contribution in [0.4, 0.5) is 14.5 Å². The van der Waals surface area contributed by atoms with E-state index in [2.05, 4.69) is 10.1 Å². The van der Waals surface area contributed by atoms with Gasteiger partial charge in [-0.15, -0.1) is 0 Å². The molecule has 120 valence electrons. The van der Waals surface area contributed by atoms with Gasteiger partial charge in [-0.3, -0.25) is 4.79 Å². The molecule has 1 heterocycles. The van der Waals surface area contributed by atoms with Crippen LogP contribution in [-0.2, 0) is 11.2 Å². The molecule has 0 unspecified atom stereocenters. The maximum atomic E-state index is 12.3. The lowest BCUT2D eigenvalue weighted by atomic mass is 9.96. The summed E-state index contributed by atoms with van der Waals surface area (Å²) in [5.74, 6) is 0.255. The van der Waals surface area contributed by atoms with Crippen molar-refractivity contribution in [3.05, 3.63) is 54.1 Å². The standard InChI is InChI=1S/C17H15F2NO3/c18-17(19)23-14-6-3-5-13(9-14)20-16(21)12-8-11-4-1-2-7-15(11)22-10-12/h1-7,9,12,17H,8,10H2,(H,20,21)/t12-/m0/s1. The quantitative estimate of drug-likeness (QED) is 0.938. The maximum absolute atomic E-state index is 12.3. The molecule has 0 saturated carbocycles. The SMILES string of the molecule is O=C(Nc1cccc(OC(F)F)c1)[C@@H]1COc2ccccc2C1. The number of fused-ring (bicyclic) bond motifs is 1. The molecule has 4 nitrogen and oxygen atoms in total. The molecule has 0 bridgehead atoms. The molecule has 1 aliphatic rings. The van der Waals surface area contributed by atoms with Gasteiger partial charge in [0.15, 0.2) is 0 Å². The second-order valence-electron chi connectivity index (χ2n) is 5.22. The number of carbonyl (C=O) groups excluding carboxylic acids is 1. The Hall–Kier alpha value is -2.63. The van der Waals surface area contributed by atoms with Crippen molar-refractivity contribution < 1.29 is 23.0 Å². The molecule has 0 aliphatic carbocycles. The first-order chi connectivity index (χ1) is 11.1. The second kappa shape index (κ2) is 6.64. The number of hydrogen-bond acceptors (Lipinski definition) is 3. The Labute approximate surface area is 132 Å². The molecule has 23 heavy (non-hydrogen) atoms. The predicted octanol–water partition coefficient (Wildman–Crippen LogP) is 3.48. The molecular formula is C17H15F2NO3. The summed E-state index contributed by atoms with van der Waals surface area (Å²) in [6, 6.07) is 13.5. The zero-order valence-corrected chi connectivity index (χ0v) is 12.2. The molecule has 0 radical (unpaired) electrons. The molecule has 2 aromatic rings. The fourth-order valence-corrected chi connectivity index (χ4v) is 2.49. The van der Waals surface area contributed by atoms with E-state index >= 15 is 0 Å². The van der Waals surface area contributed by atoms with Crippen LogP contribution in [-0.4, -0.2) is 19.1 Å². The number of anilines is 1. The van der Waals surface area contributed by atoms with Crippen molar-refractivity contribution in [2.24, 2.45) is 5.92 Å². The third kappa shape index (κ3) is 3.77. The minimum Gasteiger partial charge on any atom is -0.492 e. The van der Waals surface area contributed by atoms with E-state index in [-0.39, 0.29) is 24.2 Å². The van der Waals surface area contributed by atoms with E-state index in [1.807, 2.05) is 24.3 Å². The van der Waals surface area contributed by atoms with Gasteiger partial charge in [0.25, 0.3) is 0 Å². The monoisotopic (exact) mass is 319 g/mol. The highest BCUT2D eigenvalue weighted by Crippen LogP contribution is 2.28. The third-order valence-electron chi connectivity index (χ3n) is 3.58. The number of ether oxygens (including phenoxy) is 2. The summed E-state index contributed by atoms with van der Waals surface area (Å²) in [4.78, 5) is 12.3. The minimum absolute atomic E-state index is 0.00281. The highest BCUT2D eigenvalue weighted by Gasteiger charge is 2.25. The Balaban J connectivity index is 1.66. The fourth-order valence-electron chi connectivity index (χ4n) is 2.49. The van der Waals surface area contributed by atoms with Gasteiger partial charge in [0.05, 0.1) is 5.92 Å². The van der Waals surface area contributed by atoms with Crippen LogP contribution in [0, 0.1) is 5.92 Å². The predicted molar refractivity (Wildman–Crippen MR) is 80.8 cm³/mol. The summed E-state index contributed by atoms with van der Waals surface area (Å²) in [7, 11) is 0. The van der Waals surface area contributed by atoms with Crippen molar-refractivity contribution in [2.75, 3.05) is 11.9 Å². The highest BCUT2D eigenvalue weighted by atomic mass is 19.3. The molecule has 0 spiro atoms. The molecule has 0 aromatic heterocycles. The van der Waals surface area contributed by atoms with Crippen LogP contribution in [0.25, 0.3) is 0 Å². The van der Waals surface area contributed by atoms with Crippen LogP contribution in [0.1, 0.15) is 5.56 Å². The molecule has 0 fully saturated rings. The van der Waals surface area contributed by atoms with Crippen LogP contribution >= 0.6 is 0 Å². The number of alkyl halides is 2. The zero-order valence-electron chi connectivity index (χ0n) is 12.2. The van der Waals surface area contributed by atoms with Gasteiger partial charge in [-0.25, -0.2) is 0 Å². The molecule has 6 heteroatoms. The summed E-state index contributed by atoms with van der Waals surface area (Å²) in [5, 5.41) is 2.71. The lowest BCUT2D eigenvalue weighted by Gasteiger charge is -2.24. The van der Waals surface area contributed by atoms with E-state index in [0.717, 1.165) is 11.3 Å². The molecule has 1 aliphatic heterocycles. The van der Waals surface area contributed by atoms with Crippen LogP contribution in [0.5, 0.6) is 11.5 Å². The number of rotatable bonds is 4. The van der Waals surface area contributed by atoms with Crippen molar-refractivity contribution in [3.8, 4) is 11.5 Å². The van der Waals surface area contributed by atoms with E-state index in [1.165, 1.54) is 12.1 Å². The number of hydrogen-bond donors (Lipinski definition) is 1. The molecule has 1 amide bonds. The van der Waals surface area contributed by atoms with Crippen molar-refractivity contribution >= 4 is 11.6 Å². The van der Waals surface area contributed by atoms with E-state index in [0.29, 0.717) is 12.1 Å². The Bertz CT molecular complexity index is 706. The van der Waals surface area contributed by atoms with Crippen LogP contribution < -0.4 is 14.8 Å². The number of carbonyl (C=O) groups is 1. The topological polar surface area (TPSA) is 47.6 Å². The van der Waals surface area contributed by atoms with E-state index in [1.54, 1.807) is 12.1 Å². The maximum Gasteiger partial charge on any atom is 0.387 e. The normalized spacial score (nSPS) is 16.4. The summed E-state index contributed by atoms with van der Waals surface area (Å²) in [6.07, 6.45) is 0.579. The first-order valence-electron chi connectivity index (χ1n) is 7.18. The molecular weight excluding hydrogens is 304 g/mol. The third-order valence-corrected chi connectivity index (χ3v) is 3.58.